The second kappa shape index (κ2) is 7.19. The Morgan fingerprint density at radius 1 is 1.12 bits per heavy atom. The first-order valence-corrected chi connectivity index (χ1v) is 8.10. The van der Waals surface area contributed by atoms with Crippen LogP contribution >= 0.6 is 0 Å². The Morgan fingerprint density at radius 2 is 1.85 bits per heavy atom. The minimum atomic E-state index is -4.40. The molecule has 6 nitrogen and oxygen atoms in total. The molecule has 1 aromatic carbocycles. The van der Waals surface area contributed by atoms with E-state index in [0.717, 1.165) is 12.1 Å². The van der Waals surface area contributed by atoms with Gasteiger partial charge in [-0.2, -0.15) is 13.2 Å². The van der Waals surface area contributed by atoms with Crippen molar-refractivity contribution in [2.45, 2.75) is 13.1 Å². The van der Waals surface area contributed by atoms with Crippen molar-refractivity contribution in [2.75, 3.05) is 36.4 Å². The number of carbonyl (C=O) groups is 1. The minimum Gasteiger partial charge on any atom is -0.353 e. The van der Waals surface area contributed by atoms with Crippen LogP contribution in [0, 0.1) is 0 Å². The molecule has 0 unspecified atom stereocenters. The van der Waals surface area contributed by atoms with E-state index < -0.39 is 11.7 Å². The molecular formula is C17H18F3N5O. The number of carbonyl (C=O) groups excluding carboxylic acids is 1. The molecule has 1 saturated heterocycles. The number of alkyl halides is 3. The second-order valence-corrected chi connectivity index (χ2v) is 5.96. The normalized spacial score (nSPS) is 15.1. The van der Waals surface area contributed by atoms with Crippen molar-refractivity contribution in [1.82, 2.24) is 14.9 Å². The predicted octanol–water partition coefficient (Wildman–Crippen LogP) is 2.91. The summed E-state index contributed by atoms with van der Waals surface area (Å²) in [6, 6.07) is 6.62. The summed E-state index contributed by atoms with van der Waals surface area (Å²) in [4.78, 5) is 23.5. The molecule has 1 fully saturated rings. The number of nitrogens with one attached hydrogen (secondary N) is 1. The molecule has 3 rings (SSSR count). The summed E-state index contributed by atoms with van der Waals surface area (Å²) in [6.07, 6.45) is -3.03. The Morgan fingerprint density at radius 3 is 2.50 bits per heavy atom. The Labute approximate surface area is 148 Å². The zero-order valence-corrected chi connectivity index (χ0v) is 14.1. The molecule has 1 aliphatic rings. The highest BCUT2D eigenvalue weighted by Gasteiger charge is 2.30. The first-order valence-electron chi connectivity index (χ1n) is 8.10. The monoisotopic (exact) mass is 365 g/mol. The summed E-state index contributed by atoms with van der Waals surface area (Å²) < 4.78 is 38.4. The Kier molecular flexibility index (Phi) is 4.97. The van der Waals surface area contributed by atoms with E-state index in [1.165, 1.54) is 19.3 Å². The molecule has 1 aromatic heterocycles. The Balaban J connectivity index is 1.71. The third kappa shape index (κ3) is 4.22. The highest BCUT2D eigenvalue weighted by Crippen LogP contribution is 2.31. The third-order valence-corrected chi connectivity index (χ3v) is 4.16. The molecular weight excluding hydrogens is 347 g/mol. The van der Waals surface area contributed by atoms with E-state index in [2.05, 4.69) is 15.3 Å². The number of halogens is 3. The van der Waals surface area contributed by atoms with Gasteiger partial charge in [-0.25, -0.2) is 9.97 Å². The molecule has 0 bridgehead atoms. The molecule has 2 aromatic rings. The van der Waals surface area contributed by atoms with Crippen LogP contribution in [0.1, 0.15) is 12.5 Å². The fourth-order valence-corrected chi connectivity index (χ4v) is 2.76. The van der Waals surface area contributed by atoms with Crippen molar-refractivity contribution in [2.24, 2.45) is 0 Å². The maximum Gasteiger partial charge on any atom is 0.416 e. The lowest BCUT2D eigenvalue weighted by Crippen LogP contribution is -2.48. The van der Waals surface area contributed by atoms with Gasteiger partial charge in [0.05, 0.1) is 5.56 Å². The van der Waals surface area contributed by atoms with Crippen molar-refractivity contribution >= 4 is 23.2 Å². The van der Waals surface area contributed by atoms with E-state index in [9.17, 15) is 18.0 Å². The Hall–Kier alpha value is -2.84. The van der Waals surface area contributed by atoms with Crippen LogP contribution in [0.4, 0.5) is 30.5 Å². The number of piperazine rings is 1. The first-order chi connectivity index (χ1) is 12.3. The smallest absolute Gasteiger partial charge is 0.353 e. The lowest BCUT2D eigenvalue weighted by Gasteiger charge is -2.34. The summed E-state index contributed by atoms with van der Waals surface area (Å²) in [5.74, 6) is 1.11. The number of hydrogen-bond donors (Lipinski definition) is 1. The maximum atomic E-state index is 12.8. The molecule has 9 heteroatoms. The summed E-state index contributed by atoms with van der Waals surface area (Å²) in [6.45, 7) is 4.03. The molecule has 138 valence electrons. The number of rotatable bonds is 3. The van der Waals surface area contributed by atoms with Gasteiger partial charge >= 0.3 is 6.18 Å². The van der Waals surface area contributed by atoms with Gasteiger partial charge in [-0.05, 0) is 18.2 Å². The van der Waals surface area contributed by atoms with Crippen molar-refractivity contribution in [1.29, 1.82) is 0 Å². The van der Waals surface area contributed by atoms with Gasteiger partial charge in [0.25, 0.3) is 0 Å². The number of benzene rings is 1. The van der Waals surface area contributed by atoms with Crippen molar-refractivity contribution < 1.29 is 18.0 Å². The third-order valence-electron chi connectivity index (χ3n) is 4.16. The molecule has 0 saturated carbocycles. The largest absolute Gasteiger partial charge is 0.416 e. The van der Waals surface area contributed by atoms with Crippen LogP contribution in [0.25, 0.3) is 0 Å². The Bertz CT molecular complexity index is 788. The first kappa shape index (κ1) is 18.0. The van der Waals surface area contributed by atoms with E-state index in [0.29, 0.717) is 43.5 Å². The van der Waals surface area contributed by atoms with Crippen LogP contribution in [0.5, 0.6) is 0 Å². The quantitative estimate of drug-likeness (QED) is 0.906. The fraction of sp³-hybridized carbons (Fsp3) is 0.353. The van der Waals surface area contributed by atoms with E-state index in [4.69, 9.17) is 0 Å². The van der Waals surface area contributed by atoms with Gasteiger partial charge in [0, 0.05) is 44.9 Å². The summed E-state index contributed by atoms with van der Waals surface area (Å²) in [7, 11) is 0. The zero-order valence-electron chi connectivity index (χ0n) is 14.1. The zero-order chi connectivity index (χ0) is 18.7. The molecule has 1 aliphatic heterocycles. The number of amides is 1. The minimum absolute atomic E-state index is 0.0410. The van der Waals surface area contributed by atoms with Crippen LogP contribution in [-0.4, -0.2) is 47.0 Å². The van der Waals surface area contributed by atoms with Crippen LogP contribution in [0.15, 0.2) is 36.7 Å². The van der Waals surface area contributed by atoms with Gasteiger partial charge in [0.2, 0.25) is 5.91 Å². The number of hydrogen-bond acceptors (Lipinski definition) is 5. The summed E-state index contributed by atoms with van der Waals surface area (Å²) >= 11 is 0. The number of nitrogens with zero attached hydrogens (tertiary/aromatic N) is 4. The summed E-state index contributed by atoms with van der Waals surface area (Å²) in [5.41, 5.74) is -0.428. The predicted molar refractivity (Wildman–Crippen MR) is 91.2 cm³/mol. The van der Waals surface area contributed by atoms with Crippen molar-refractivity contribution in [3.05, 3.63) is 42.2 Å². The molecule has 26 heavy (non-hydrogen) atoms. The van der Waals surface area contributed by atoms with Gasteiger partial charge in [-0.3, -0.25) is 4.79 Å². The molecule has 0 spiro atoms. The highest BCUT2D eigenvalue weighted by atomic mass is 19.4. The molecule has 0 aliphatic carbocycles. The van der Waals surface area contributed by atoms with Crippen LogP contribution in [0.3, 0.4) is 0 Å². The fourth-order valence-electron chi connectivity index (χ4n) is 2.76. The van der Waals surface area contributed by atoms with E-state index in [-0.39, 0.29) is 5.91 Å². The molecule has 1 amide bonds. The maximum absolute atomic E-state index is 12.8. The van der Waals surface area contributed by atoms with Crippen LogP contribution in [0.2, 0.25) is 0 Å². The second-order valence-electron chi connectivity index (χ2n) is 5.96. The van der Waals surface area contributed by atoms with Crippen LogP contribution in [-0.2, 0) is 11.0 Å². The van der Waals surface area contributed by atoms with Crippen LogP contribution < -0.4 is 10.2 Å². The van der Waals surface area contributed by atoms with Crippen molar-refractivity contribution in [3.8, 4) is 0 Å². The van der Waals surface area contributed by atoms with Gasteiger partial charge < -0.3 is 15.1 Å². The molecule has 0 radical (unpaired) electrons. The van der Waals surface area contributed by atoms with E-state index >= 15 is 0 Å². The van der Waals surface area contributed by atoms with Crippen molar-refractivity contribution in [3.63, 3.8) is 0 Å². The van der Waals surface area contributed by atoms with Gasteiger partial charge in [-0.1, -0.05) is 6.07 Å². The van der Waals surface area contributed by atoms with Gasteiger partial charge in [0.1, 0.15) is 18.0 Å². The molecule has 0 atom stereocenters. The van der Waals surface area contributed by atoms with E-state index in [1.807, 2.05) is 4.90 Å². The van der Waals surface area contributed by atoms with E-state index in [1.54, 1.807) is 17.0 Å². The summed E-state index contributed by atoms with van der Waals surface area (Å²) in [5, 5.41) is 2.88. The van der Waals surface area contributed by atoms with Gasteiger partial charge in [0.15, 0.2) is 0 Å². The topological polar surface area (TPSA) is 61.4 Å². The highest BCUT2D eigenvalue weighted by molar-refractivity contribution is 5.73. The number of anilines is 3. The lowest BCUT2D eigenvalue weighted by molar-refractivity contribution is -0.137. The lowest BCUT2D eigenvalue weighted by atomic mass is 10.2. The van der Waals surface area contributed by atoms with Gasteiger partial charge in [-0.15, -0.1) is 0 Å². The standard InChI is InChI=1S/C17H18F3N5O/c1-12(26)24-5-7-25(8-6-24)16-10-15(21-11-22-16)23-14-4-2-3-13(9-14)17(18,19)20/h2-4,9-11H,5-8H2,1H3,(H,21,22,23). The average Bonchev–Trinajstić information content (AvgIpc) is 2.61. The molecule has 1 N–H and O–H groups in total. The SMILES string of the molecule is CC(=O)N1CCN(c2cc(Nc3cccc(C(F)(F)F)c3)ncn2)CC1. The average molecular weight is 365 g/mol. The molecule has 2 heterocycles. The number of aromatic nitrogens is 2.